The number of hydrogen-bond acceptors (Lipinski definition) is 3. The normalized spacial score (nSPS) is 35.9. The molecule has 1 atom stereocenters. The summed E-state index contributed by atoms with van der Waals surface area (Å²) in [6, 6.07) is 2.07. The molecule has 0 aromatic carbocycles. The van der Waals surface area contributed by atoms with Crippen molar-refractivity contribution in [2.24, 2.45) is 17.3 Å². The lowest BCUT2D eigenvalue weighted by molar-refractivity contribution is -0.126. The van der Waals surface area contributed by atoms with Crippen LogP contribution in [0.5, 0.6) is 0 Å². The van der Waals surface area contributed by atoms with Crippen LogP contribution in [0.15, 0.2) is 5.57 Å². The second-order valence-electron chi connectivity index (χ2n) is 5.21. The van der Waals surface area contributed by atoms with Gasteiger partial charge in [0.25, 0.3) is 0 Å². The highest BCUT2D eigenvalue weighted by atomic mass is 32.1. The molecule has 0 aromatic heterocycles. The molecule has 2 fully saturated rings. The molecule has 2 rings (SSSR count). The zero-order chi connectivity index (χ0) is 13.3. The Balaban J connectivity index is 2.49. The molecule has 4 nitrogen and oxygen atoms in total. The highest BCUT2D eigenvalue weighted by molar-refractivity contribution is 7.80. The average molecular weight is 260 g/mol. The van der Waals surface area contributed by atoms with Crippen molar-refractivity contribution in [1.29, 1.82) is 5.26 Å². The van der Waals surface area contributed by atoms with E-state index in [-0.39, 0.29) is 10.9 Å². The second-order valence-corrected chi connectivity index (χ2v) is 5.61. The molecular formula is C13H14N3OS-. The van der Waals surface area contributed by atoms with Crippen LogP contribution in [-0.4, -0.2) is 16.8 Å². The SMILES string of the molecule is CC1CCC2(CC1)C(=C=[N-])C(=S)NC(=O)[C@@H]2C#N. The van der Waals surface area contributed by atoms with Crippen LogP contribution < -0.4 is 5.32 Å². The van der Waals surface area contributed by atoms with E-state index in [1.807, 2.05) is 0 Å². The van der Waals surface area contributed by atoms with Gasteiger partial charge >= 0.3 is 0 Å². The van der Waals surface area contributed by atoms with Gasteiger partial charge < -0.3 is 10.7 Å². The minimum atomic E-state index is -0.786. The number of rotatable bonds is 0. The van der Waals surface area contributed by atoms with Crippen molar-refractivity contribution < 1.29 is 4.79 Å². The summed E-state index contributed by atoms with van der Waals surface area (Å²) >= 11 is 5.09. The van der Waals surface area contributed by atoms with Crippen LogP contribution in [0.25, 0.3) is 5.41 Å². The number of nitrogens with one attached hydrogen (secondary N) is 1. The first-order chi connectivity index (χ1) is 8.55. The van der Waals surface area contributed by atoms with Crippen LogP contribution >= 0.6 is 12.2 Å². The number of nitrogens with zero attached hydrogens (tertiary/aromatic N) is 2. The summed E-state index contributed by atoms with van der Waals surface area (Å²) < 4.78 is 0. The first-order valence-electron chi connectivity index (χ1n) is 6.07. The highest BCUT2D eigenvalue weighted by Gasteiger charge is 2.51. The third kappa shape index (κ3) is 1.78. The van der Waals surface area contributed by atoms with Crippen molar-refractivity contribution in [3.05, 3.63) is 11.0 Å². The van der Waals surface area contributed by atoms with E-state index in [1.54, 1.807) is 0 Å². The van der Waals surface area contributed by atoms with Gasteiger partial charge in [0.1, 0.15) is 10.9 Å². The van der Waals surface area contributed by atoms with Gasteiger partial charge in [0.05, 0.1) is 6.07 Å². The van der Waals surface area contributed by atoms with E-state index in [0.717, 1.165) is 12.8 Å². The molecule has 0 radical (unpaired) electrons. The molecule has 0 bridgehead atoms. The lowest BCUT2D eigenvalue weighted by Gasteiger charge is -2.46. The molecule has 2 aliphatic rings. The first-order valence-corrected chi connectivity index (χ1v) is 6.48. The Kier molecular flexibility index (Phi) is 3.34. The van der Waals surface area contributed by atoms with Crippen molar-refractivity contribution >= 4 is 29.0 Å². The molecule has 0 unspecified atom stereocenters. The highest BCUT2D eigenvalue weighted by Crippen LogP contribution is 2.50. The van der Waals surface area contributed by atoms with Crippen molar-refractivity contribution in [3.63, 3.8) is 0 Å². The summed E-state index contributed by atoms with van der Waals surface area (Å²) in [5, 5.41) is 21.1. The third-order valence-corrected chi connectivity index (χ3v) is 4.49. The Morgan fingerprint density at radius 2 is 2.11 bits per heavy atom. The molecule has 1 amide bonds. The maximum Gasteiger partial charge on any atom is 0.243 e. The first kappa shape index (κ1) is 12.9. The minimum Gasteiger partial charge on any atom is -0.763 e. The van der Waals surface area contributed by atoms with Gasteiger partial charge in [-0.3, -0.25) is 10.7 Å². The molecule has 1 saturated heterocycles. The monoisotopic (exact) mass is 260 g/mol. The number of piperidine rings is 1. The van der Waals surface area contributed by atoms with E-state index in [9.17, 15) is 15.5 Å². The van der Waals surface area contributed by atoms with Gasteiger partial charge in [-0.2, -0.15) is 5.26 Å². The fourth-order valence-corrected chi connectivity index (χ4v) is 3.38. The standard InChI is InChI=1S/C13H14N3OS/c1-8-2-4-13(5-3-8)9(6-14)11(17)16-12(18)10(13)7-15/h8-9H,2-5H2,1H3,(H,16,17,18)/q-1/t8?,9-,13?/m0/s1. The molecule has 5 heteroatoms. The van der Waals surface area contributed by atoms with Crippen molar-refractivity contribution in [2.75, 3.05) is 0 Å². The maximum atomic E-state index is 11.9. The van der Waals surface area contributed by atoms with E-state index >= 15 is 0 Å². The van der Waals surface area contributed by atoms with Gasteiger partial charge in [0, 0.05) is 11.0 Å². The zero-order valence-corrected chi connectivity index (χ0v) is 11.0. The second kappa shape index (κ2) is 4.64. The quantitative estimate of drug-likeness (QED) is 0.411. The van der Waals surface area contributed by atoms with Gasteiger partial charge in [-0.25, -0.2) is 0 Å². The molecule has 1 aliphatic heterocycles. The molecular weight excluding hydrogens is 246 g/mol. The predicted molar refractivity (Wildman–Crippen MR) is 71.8 cm³/mol. The molecule has 1 saturated carbocycles. The van der Waals surface area contributed by atoms with Crippen LogP contribution in [0, 0.1) is 28.6 Å². The Labute approximate surface area is 112 Å². The average Bonchev–Trinajstić information content (AvgIpc) is 2.33. The third-order valence-electron chi connectivity index (χ3n) is 4.18. The van der Waals surface area contributed by atoms with E-state index in [1.165, 1.54) is 0 Å². The van der Waals surface area contributed by atoms with Gasteiger partial charge in [-0.15, -0.1) is 0 Å². The van der Waals surface area contributed by atoms with Crippen LogP contribution in [0.3, 0.4) is 0 Å². The Morgan fingerprint density at radius 3 is 2.61 bits per heavy atom. The van der Waals surface area contributed by atoms with Gasteiger partial charge in [0.2, 0.25) is 5.91 Å². The molecule has 94 valence electrons. The van der Waals surface area contributed by atoms with Gasteiger partial charge in [-0.05, 0) is 31.6 Å². The molecule has 18 heavy (non-hydrogen) atoms. The summed E-state index contributed by atoms with van der Waals surface area (Å²) in [5.74, 6) is 1.56. The number of hydrogen-bond donors (Lipinski definition) is 1. The van der Waals surface area contributed by atoms with E-state index < -0.39 is 11.3 Å². The van der Waals surface area contributed by atoms with Crippen molar-refractivity contribution in [1.82, 2.24) is 5.32 Å². The van der Waals surface area contributed by atoms with E-state index in [4.69, 9.17) is 12.2 Å². The van der Waals surface area contributed by atoms with Crippen LogP contribution in [-0.2, 0) is 4.79 Å². The number of amides is 1. The predicted octanol–water partition coefficient (Wildman–Crippen LogP) is 1.95. The smallest absolute Gasteiger partial charge is 0.243 e. The van der Waals surface area contributed by atoms with Gasteiger partial charge in [0.15, 0.2) is 0 Å². The summed E-state index contributed by atoms with van der Waals surface area (Å²) in [7, 11) is 0. The van der Waals surface area contributed by atoms with E-state index in [2.05, 4.69) is 24.2 Å². The molecule has 0 aromatic rings. The zero-order valence-electron chi connectivity index (χ0n) is 10.2. The topological polar surface area (TPSA) is 75.2 Å². The number of carbonyl (C=O) groups excluding carboxylic acids is 1. The fourth-order valence-electron chi connectivity index (χ4n) is 3.03. The largest absolute Gasteiger partial charge is 0.763 e. The maximum absolute atomic E-state index is 11.9. The molecule has 1 N–H and O–H groups in total. The molecule has 1 heterocycles. The van der Waals surface area contributed by atoms with Crippen molar-refractivity contribution in [3.8, 4) is 6.07 Å². The van der Waals surface area contributed by atoms with E-state index in [0.29, 0.717) is 24.3 Å². The Morgan fingerprint density at radius 1 is 1.50 bits per heavy atom. The fraction of sp³-hybridized carbons (Fsp3) is 0.615. The van der Waals surface area contributed by atoms with Gasteiger partial charge in [-0.1, -0.05) is 19.1 Å². The Bertz CT molecular complexity index is 491. The number of nitriles is 1. The summed E-state index contributed by atoms with van der Waals surface area (Å²) in [4.78, 5) is 12.1. The molecule has 1 spiro atoms. The van der Waals surface area contributed by atoms with Crippen LogP contribution in [0.4, 0.5) is 0 Å². The summed E-state index contributed by atoms with van der Waals surface area (Å²) in [6.45, 7) is 2.15. The summed E-state index contributed by atoms with van der Waals surface area (Å²) in [5.41, 5.74) is -0.217. The number of carbonyl (C=O) groups is 1. The Hall–Kier alpha value is -1.50. The van der Waals surface area contributed by atoms with Crippen LogP contribution in [0.1, 0.15) is 32.6 Å². The lowest BCUT2D eigenvalue weighted by atomic mass is 9.59. The summed E-state index contributed by atoms with van der Waals surface area (Å²) in [6.07, 6.45) is 3.25. The number of thiocarbonyl (C=S) groups is 1. The van der Waals surface area contributed by atoms with Crippen LogP contribution in [0.2, 0.25) is 0 Å². The molecule has 1 aliphatic carbocycles. The lowest BCUT2D eigenvalue weighted by Crippen LogP contribution is -2.54. The minimum absolute atomic E-state index is 0.212. The van der Waals surface area contributed by atoms with Crippen molar-refractivity contribution in [2.45, 2.75) is 32.6 Å².